The van der Waals surface area contributed by atoms with Crippen molar-refractivity contribution >= 4 is 11.8 Å². The molecule has 4 rings (SSSR count). The number of halogens is 2. The highest BCUT2D eigenvalue weighted by Gasteiger charge is 2.40. The number of hydrogen-bond acceptors (Lipinski definition) is 5. The maximum Gasteiger partial charge on any atom is 0.257 e. The second kappa shape index (κ2) is 11.0. The summed E-state index contributed by atoms with van der Waals surface area (Å²) in [7, 11) is 0. The quantitative estimate of drug-likeness (QED) is 0.695. The maximum absolute atomic E-state index is 14.3. The van der Waals surface area contributed by atoms with Gasteiger partial charge in [-0.3, -0.25) is 9.59 Å². The van der Waals surface area contributed by atoms with E-state index < -0.39 is 30.0 Å². The standard InChI is InChI=1S/C25H28F2N2O5/c26-17-7-5-16(6-8-17)12-28-24(31)11-19-9-10-22-23(34-19)15-33-14-18(30)13-29(22)25(32)20-3-1-2-4-21(20)27/h1-8,18-19,22-23,30H,9-15H2,(H,28,31)/t18-,19+,22-,23+/m0/s1. The number of amides is 2. The van der Waals surface area contributed by atoms with Gasteiger partial charge in [-0.25, -0.2) is 8.78 Å². The fraction of sp³-hybridized carbons (Fsp3) is 0.440. The highest BCUT2D eigenvalue weighted by Crippen LogP contribution is 2.29. The lowest BCUT2D eigenvalue weighted by atomic mass is 9.94. The molecule has 0 bridgehead atoms. The van der Waals surface area contributed by atoms with Crippen LogP contribution >= 0.6 is 0 Å². The zero-order chi connectivity index (χ0) is 24.1. The molecule has 2 fully saturated rings. The molecule has 2 aliphatic rings. The summed E-state index contributed by atoms with van der Waals surface area (Å²) in [5.41, 5.74) is 0.728. The summed E-state index contributed by atoms with van der Waals surface area (Å²) in [6.45, 7) is 0.456. The fourth-order valence-electron chi connectivity index (χ4n) is 4.45. The Morgan fingerprint density at radius 2 is 1.82 bits per heavy atom. The van der Waals surface area contributed by atoms with Gasteiger partial charge in [-0.05, 0) is 42.7 Å². The summed E-state index contributed by atoms with van der Waals surface area (Å²) < 4.78 is 39.0. The van der Waals surface area contributed by atoms with Crippen LogP contribution < -0.4 is 5.32 Å². The third-order valence-corrected chi connectivity index (χ3v) is 6.16. The van der Waals surface area contributed by atoms with Crippen LogP contribution in [0.3, 0.4) is 0 Å². The fourth-order valence-corrected chi connectivity index (χ4v) is 4.45. The molecule has 2 heterocycles. The molecular formula is C25H28F2N2O5. The average Bonchev–Trinajstić information content (AvgIpc) is 2.81. The Kier molecular flexibility index (Phi) is 7.87. The number of hydrogen-bond donors (Lipinski definition) is 2. The molecule has 34 heavy (non-hydrogen) atoms. The highest BCUT2D eigenvalue weighted by atomic mass is 19.1. The van der Waals surface area contributed by atoms with Gasteiger partial charge < -0.3 is 24.8 Å². The first-order valence-electron chi connectivity index (χ1n) is 11.4. The minimum Gasteiger partial charge on any atom is -0.389 e. The largest absolute Gasteiger partial charge is 0.389 e. The first-order chi connectivity index (χ1) is 16.4. The third kappa shape index (κ3) is 5.97. The second-order valence-corrected chi connectivity index (χ2v) is 8.68. The van der Waals surface area contributed by atoms with Crippen LogP contribution in [-0.4, -0.2) is 65.9 Å². The molecule has 2 saturated heterocycles. The average molecular weight is 475 g/mol. The number of nitrogens with zero attached hydrogens (tertiary/aromatic N) is 1. The van der Waals surface area contributed by atoms with Crippen LogP contribution in [-0.2, 0) is 20.8 Å². The summed E-state index contributed by atoms with van der Waals surface area (Å²) in [5.74, 6) is -1.66. The van der Waals surface area contributed by atoms with E-state index in [1.165, 1.54) is 35.2 Å². The lowest BCUT2D eigenvalue weighted by Crippen LogP contribution is -2.57. The highest BCUT2D eigenvalue weighted by molar-refractivity contribution is 5.94. The molecule has 7 nitrogen and oxygen atoms in total. The Labute approximate surface area is 196 Å². The Balaban J connectivity index is 1.39. The summed E-state index contributed by atoms with van der Waals surface area (Å²) in [5, 5.41) is 13.1. The van der Waals surface area contributed by atoms with Crippen molar-refractivity contribution in [2.75, 3.05) is 19.8 Å². The van der Waals surface area contributed by atoms with Crippen LogP contribution in [0.4, 0.5) is 8.78 Å². The van der Waals surface area contributed by atoms with Crippen LogP contribution in [0, 0.1) is 11.6 Å². The maximum atomic E-state index is 14.3. The smallest absolute Gasteiger partial charge is 0.257 e. The van der Waals surface area contributed by atoms with Gasteiger partial charge in [0, 0.05) is 13.1 Å². The molecule has 2 aromatic carbocycles. The molecule has 0 radical (unpaired) electrons. The Hall–Kier alpha value is -2.88. The number of rotatable bonds is 5. The number of fused-ring (bicyclic) bond motifs is 1. The van der Waals surface area contributed by atoms with Gasteiger partial charge in [-0.15, -0.1) is 0 Å². The summed E-state index contributed by atoms with van der Waals surface area (Å²) >= 11 is 0. The molecule has 0 aliphatic carbocycles. The van der Waals surface area contributed by atoms with Crippen LogP contribution in [0.2, 0.25) is 0 Å². The van der Waals surface area contributed by atoms with Crippen LogP contribution in [0.5, 0.6) is 0 Å². The summed E-state index contributed by atoms with van der Waals surface area (Å²) in [4.78, 5) is 27.1. The number of benzene rings is 2. The normalized spacial score (nSPS) is 25.1. The molecule has 182 valence electrons. The Morgan fingerprint density at radius 1 is 1.06 bits per heavy atom. The van der Waals surface area contributed by atoms with E-state index in [9.17, 15) is 23.5 Å². The van der Waals surface area contributed by atoms with Gasteiger partial charge in [0.15, 0.2) is 0 Å². The number of aliphatic hydroxyl groups excluding tert-OH is 1. The molecule has 2 aliphatic heterocycles. The minimum atomic E-state index is -0.897. The van der Waals surface area contributed by atoms with E-state index in [-0.39, 0.29) is 56.1 Å². The van der Waals surface area contributed by atoms with Crippen LogP contribution in [0.15, 0.2) is 48.5 Å². The Bertz CT molecular complexity index is 1000. The Morgan fingerprint density at radius 3 is 2.59 bits per heavy atom. The van der Waals surface area contributed by atoms with E-state index >= 15 is 0 Å². The number of nitrogens with one attached hydrogen (secondary N) is 1. The van der Waals surface area contributed by atoms with E-state index in [4.69, 9.17) is 9.47 Å². The molecule has 0 spiro atoms. The number of ether oxygens (including phenoxy) is 2. The van der Waals surface area contributed by atoms with Gasteiger partial charge >= 0.3 is 0 Å². The SMILES string of the molecule is O=C(C[C@H]1CC[C@H]2[C@@H](COC[C@@H](O)CN2C(=O)c2ccccc2F)O1)NCc1ccc(F)cc1. The molecule has 2 aromatic rings. The molecule has 2 amide bonds. The summed E-state index contributed by atoms with van der Waals surface area (Å²) in [6, 6.07) is 11.2. The first-order valence-corrected chi connectivity index (χ1v) is 11.4. The number of carbonyl (C=O) groups excluding carboxylic acids is 2. The van der Waals surface area contributed by atoms with Gasteiger partial charge in [0.2, 0.25) is 5.91 Å². The molecule has 0 aromatic heterocycles. The molecule has 0 unspecified atom stereocenters. The van der Waals surface area contributed by atoms with Crippen molar-refractivity contribution in [3.8, 4) is 0 Å². The van der Waals surface area contributed by atoms with E-state index in [1.807, 2.05) is 0 Å². The zero-order valence-corrected chi connectivity index (χ0v) is 18.7. The lowest BCUT2D eigenvalue weighted by Gasteiger charge is -2.44. The number of carbonyl (C=O) groups is 2. The van der Waals surface area contributed by atoms with Crippen molar-refractivity contribution < 1.29 is 33.0 Å². The molecule has 9 heteroatoms. The molecule has 0 saturated carbocycles. The zero-order valence-electron chi connectivity index (χ0n) is 18.7. The van der Waals surface area contributed by atoms with Crippen molar-refractivity contribution in [2.45, 2.75) is 50.2 Å². The van der Waals surface area contributed by atoms with Crippen LogP contribution in [0.25, 0.3) is 0 Å². The van der Waals surface area contributed by atoms with Crippen molar-refractivity contribution in [1.29, 1.82) is 0 Å². The van der Waals surface area contributed by atoms with Gasteiger partial charge in [0.1, 0.15) is 17.7 Å². The first kappa shape index (κ1) is 24.3. The topological polar surface area (TPSA) is 88.1 Å². The molecular weight excluding hydrogens is 446 g/mol. The van der Waals surface area contributed by atoms with E-state index in [2.05, 4.69) is 5.32 Å². The van der Waals surface area contributed by atoms with E-state index in [0.29, 0.717) is 12.8 Å². The predicted molar refractivity (Wildman–Crippen MR) is 119 cm³/mol. The van der Waals surface area contributed by atoms with Crippen molar-refractivity contribution in [3.63, 3.8) is 0 Å². The lowest BCUT2D eigenvalue weighted by molar-refractivity contribution is -0.151. The van der Waals surface area contributed by atoms with Crippen LogP contribution in [0.1, 0.15) is 35.2 Å². The van der Waals surface area contributed by atoms with Crippen molar-refractivity contribution in [1.82, 2.24) is 10.2 Å². The molecule has 2 N–H and O–H groups in total. The van der Waals surface area contributed by atoms with Gasteiger partial charge in [0.05, 0.1) is 43.4 Å². The predicted octanol–water partition coefficient (Wildman–Crippen LogP) is 2.42. The van der Waals surface area contributed by atoms with Gasteiger partial charge in [0.25, 0.3) is 5.91 Å². The monoisotopic (exact) mass is 474 g/mol. The van der Waals surface area contributed by atoms with Crippen molar-refractivity contribution in [3.05, 3.63) is 71.3 Å². The third-order valence-electron chi connectivity index (χ3n) is 6.16. The van der Waals surface area contributed by atoms with Gasteiger partial charge in [-0.2, -0.15) is 0 Å². The molecule has 4 atom stereocenters. The van der Waals surface area contributed by atoms with Crippen molar-refractivity contribution in [2.24, 2.45) is 0 Å². The number of aliphatic hydroxyl groups is 1. The number of β-amino-alcohol motifs (C(OH)–C–C–N with tert-alkyl or cyclic N) is 1. The summed E-state index contributed by atoms with van der Waals surface area (Å²) in [6.07, 6.45) is -0.598. The van der Waals surface area contributed by atoms with Gasteiger partial charge in [-0.1, -0.05) is 24.3 Å². The second-order valence-electron chi connectivity index (χ2n) is 8.68. The minimum absolute atomic E-state index is 0.000513. The van der Waals surface area contributed by atoms with E-state index in [0.717, 1.165) is 5.56 Å². The van der Waals surface area contributed by atoms with E-state index in [1.54, 1.807) is 18.2 Å².